The lowest BCUT2D eigenvalue weighted by Gasteiger charge is -2.39. The normalized spacial score (nSPS) is 18.6. The van der Waals surface area contributed by atoms with E-state index >= 15 is 0 Å². The highest BCUT2D eigenvalue weighted by atomic mass is 79.9. The first kappa shape index (κ1) is 34.2. The zero-order valence-corrected chi connectivity index (χ0v) is 32.3. The third kappa shape index (κ3) is 7.73. The quantitative estimate of drug-likeness (QED) is 0.193. The van der Waals surface area contributed by atoms with Crippen molar-refractivity contribution in [3.63, 3.8) is 0 Å². The minimum absolute atomic E-state index is 0.400. The Morgan fingerprint density at radius 3 is 2.06 bits per heavy atom. The number of likely N-dealkylation sites (tertiary alicyclic amines) is 1. The number of nitrogens with zero attached hydrogens (tertiary/aromatic N) is 5. The van der Waals surface area contributed by atoms with Gasteiger partial charge in [0.05, 0.1) is 37.9 Å². The highest BCUT2D eigenvalue weighted by Gasteiger charge is 2.31. The molecular weight excluding hydrogens is 788 g/mol. The maximum Gasteiger partial charge on any atom is 0.135 e. The molecule has 9 rings (SSSR count). The molecule has 12 heteroatoms. The fourth-order valence-electron chi connectivity index (χ4n) is 6.73. The first-order valence-electron chi connectivity index (χ1n) is 16.7. The van der Waals surface area contributed by atoms with Gasteiger partial charge < -0.3 is 5.73 Å². The smallest absolute Gasteiger partial charge is 0.135 e. The SMILES string of the molecule is N#CCc1nc2cc(Br)ccc2s1.Nc1sc2c(c1-c1nc3cc(Br)ccc3s1)CCN(C1CCC1)C2.O=C1CCN(C2CCC2)CC1. The zero-order chi connectivity index (χ0) is 33.2. The lowest BCUT2D eigenvalue weighted by Crippen LogP contribution is -2.44. The first-order chi connectivity index (χ1) is 23.3. The molecule has 0 spiro atoms. The molecule has 3 aromatic heterocycles. The fraction of sp³-hybridized carbons (Fsp3) is 0.444. The standard InChI is InChI=1S/C18H18BrN3S2.C9H5BrN2S.C9H15NO/c19-10-4-5-14-13(8-10)21-18(24-14)16-12-6-7-22(11-2-1-3-11)9-15(12)23-17(16)20;10-6-1-2-8-7(5-6)12-9(13-8)3-4-11;11-9-4-6-10(7-5-9)8-2-1-3-8/h4-5,8,11H,1-3,6-7,9,20H2;1-2,5H,3H2;8H,1-7H2. The Morgan fingerprint density at radius 2 is 1.44 bits per heavy atom. The summed E-state index contributed by atoms with van der Waals surface area (Å²) in [7, 11) is 0. The van der Waals surface area contributed by atoms with Gasteiger partial charge in [-0.15, -0.1) is 34.0 Å². The van der Waals surface area contributed by atoms with Crippen LogP contribution in [0.15, 0.2) is 45.3 Å². The van der Waals surface area contributed by atoms with Crippen LogP contribution in [0.4, 0.5) is 5.00 Å². The Hall–Kier alpha value is -2.24. The highest BCUT2D eigenvalue weighted by molar-refractivity contribution is 9.10. The van der Waals surface area contributed by atoms with Crippen LogP contribution in [0.1, 0.15) is 66.8 Å². The third-order valence-electron chi connectivity index (χ3n) is 9.84. The molecule has 0 unspecified atom stereocenters. The number of thiophene rings is 1. The Balaban J connectivity index is 0.000000128. The van der Waals surface area contributed by atoms with Gasteiger partial charge in [-0.05, 0) is 74.1 Å². The number of nitrogen functional groups attached to an aromatic ring is 1. The van der Waals surface area contributed by atoms with E-state index in [2.05, 4.69) is 70.9 Å². The number of carbonyl (C=O) groups is 1. The summed E-state index contributed by atoms with van der Waals surface area (Å²) in [6, 6.07) is 16.0. The van der Waals surface area contributed by atoms with E-state index in [1.807, 2.05) is 18.2 Å². The third-order valence-corrected chi connectivity index (χ3v) is 14.0. The van der Waals surface area contributed by atoms with Gasteiger partial charge in [0.2, 0.25) is 0 Å². The number of ketones is 1. The topological polar surface area (TPSA) is 99.1 Å². The lowest BCUT2D eigenvalue weighted by atomic mass is 9.89. The van der Waals surface area contributed by atoms with Gasteiger partial charge in [-0.3, -0.25) is 14.6 Å². The van der Waals surface area contributed by atoms with Gasteiger partial charge in [-0.1, -0.05) is 44.7 Å². The Morgan fingerprint density at radius 1 is 0.833 bits per heavy atom. The van der Waals surface area contributed by atoms with Crippen LogP contribution in [0.3, 0.4) is 0 Å². The summed E-state index contributed by atoms with van der Waals surface area (Å²) in [6.45, 7) is 4.30. The largest absolute Gasteiger partial charge is 0.390 e. The van der Waals surface area contributed by atoms with E-state index in [-0.39, 0.29) is 0 Å². The molecular formula is C36H38Br2N6OS3. The molecule has 5 heterocycles. The molecule has 0 amide bonds. The lowest BCUT2D eigenvalue weighted by molar-refractivity contribution is -0.122. The average Bonchev–Trinajstić information content (AvgIpc) is 3.70. The maximum atomic E-state index is 10.9. The number of benzene rings is 2. The van der Waals surface area contributed by atoms with Crippen molar-refractivity contribution in [2.45, 2.75) is 82.8 Å². The summed E-state index contributed by atoms with van der Waals surface area (Å²) < 4.78 is 4.45. The van der Waals surface area contributed by atoms with Crippen LogP contribution in [-0.4, -0.2) is 57.3 Å². The van der Waals surface area contributed by atoms with Crippen molar-refractivity contribution in [1.82, 2.24) is 19.8 Å². The van der Waals surface area contributed by atoms with Crippen LogP contribution in [0.2, 0.25) is 0 Å². The summed E-state index contributed by atoms with van der Waals surface area (Å²) in [4.78, 5) is 26.7. The van der Waals surface area contributed by atoms with E-state index in [0.29, 0.717) is 12.2 Å². The molecule has 48 heavy (non-hydrogen) atoms. The summed E-state index contributed by atoms with van der Waals surface area (Å²) >= 11 is 12.0. The van der Waals surface area contributed by atoms with Crippen LogP contribution < -0.4 is 5.73 Å². The number of rotatable bonds is 4. The van der Waals surface area contributed by atoms with Crippen molar-refractivity contribution in [2.75, 3.05) is 25.4 Å². The molecule has 2 aromatic carbocycles. The number of Topliss-reactive ketones (excluding diaryl/α,β-unsaturated/α-hetero) is 1. The molecule has 2 saturated carbocycles. The molecule has 7 nitrogen and oxygen atoms in total. The van der Waals surface area contributed by atoms with Crippen molar-refractivity contribution in [2.24, 2.45) is 0 Å². The number of fused-ring (bicyclic) bond motifs is 3. The maximum absolute atomic E-state index is 10.9. The Bertz CT molecular complexity index is 1960. The highest BCUT2D eigenvalue weighted by Crippen LogP contribution is 2.45. The van der Waals surface area contributed by atoms with Gasteiger partial charge in [-0.25, -0.2) is 9.97 Å². The molecule has 1 saturated heterocycles. The molecule has 0 radical (unpaired) electrons. The minimum Gasteiger partial charge on any atom is -0.390 e. The van der Waals surface area contributed by atoms with Crippen LogP contribution in [0.25, 0.3) is 31.0 Å². The number of hydrogen-bond donors (Lipinski definition) is 1. The monoisotopic (exact) mass is 824 g/mol. The van der Waals surface area contributed by atoms with E-state index < -0.39 is 0 Å². The molecule has 2 aliphatic carbocycles. The number of thiazole rings is 2. The number of anilines is 1. The van der Waals surface area contributed by atoms with E-state index in [1.54, 1.807) is 34.0 Å². The number of carbonyl (C=O) groups excluding carboxylic acids is 1. The van der Waals surface area contributed by atoms with Gasteiger partial charge in [0.1, 0.15) is 15.8 Å². The van der Waals surface area contributed by atoms with E-state index in [4.69, 9.17) is 16.0 Å². The van der Waals surface area contributed by atoms with Crippen molar-refractivity contribution in [3.05, 3.63) is 60.8 Å². The van der Waals surface area contributed by atoms with Gasteiger partial charge >= 0.3 is 0 Å². The Labute approximate surface area is 310 Å². The van der Waals surface area contributed by atoms with Gasteiger partial charge in [0.15, 0.2) is 0 Å². The number of aromatic nitrogens is 2. The molecule has 5 aromatic rings. The molecule has 2 N–H and O–H groups in total. The van der Waals surface area contributed by atoms with Gasteiger partial charge in [0, 0.05) is 70.5 Å². The second-order valence-electron chi connectivity index (χ2n) is 12.9. The predicted molar refractivity (Wildman–Crippen MR) is 207 cm³/mol. The van der Waals surface area contributed by atoms with Crippen LogP contribution in [-0.2, 0) is 24.2 Å². The van der Waals surface area contributed by atoms with Gasteiger partial charge in [-0.2, -0.15) is 5.26 Å². The number of halogens is 2. The molecule has 3 fully saturated rings. The van der Waals surface area contributed by atoms with E-state index in [0.717, 1.165) is 97.2 Å². The molecule has 250 valence electrons. The summed E-state index contributed by atoms with van der Waals surface area (Å²) in [5.74, 6) is 0.459. The zero-order valence-electron chi connectivity index (χ0n) is 26.7. The van der Waals surface area contributed by atoms with Crippen LogP contribution in [0, 0.1) is 11.3 Å². The molecule has 2 aliphatic heterocycles. The first-order valence-corrected chi connectivity index (χ1v) is 20.8. The number of piperidine rings is 1. The van der Waals surface area contributed by atoms with Crippen molar-refractivity contribution in [1.29, 1.82) is 5.26 Å². The summed E-state index contributed by atoms with van der Waals surface area (Å²) in [5.41, 5.74) is 11.1. The van der Waals surface area contributed by atoms with Crippen LogP contribution >= 0.6 is 65.9 Å². The summed E-state index contributed by atoms with van der Waals surface area (Å²) in [6.07, 6.45) is 11.4. The number of nitrogens with two attached hydrogens (primary N) is 1. The van der Waals surface area contributed by atoms with Crippen molar-refractivity contribution >= 4 is 97.1 Å². The van der Waals surface area contributed by atoms with Crippen molar-refractivity contribution in [3.8, 4) is 16.6 Å². The molecule has 0 bridgehead atoms. The van der Waals surface area contributed by atoms with Gasteiger partial charge in [0.25, 0.3) is 0 Å². The molecule has 0 atom stereocenters. The number of nitriles is 1. The number of hydrogen-bond acceptors (Lipinski definition) is 10. The average molecular weight is 827 g/mol. The van der Waals surface area contributed by atoms with E-state index in [1.165, 1.54) is 59.2 Å². The van der Waals surface area contributed by atoms with Crippen molar-refractivity contribution < 1.29 is 4.79 Å². The fourth-order valence-corrected chi connectivity index (χ4v) is 10.6. The predicted octanol–water partition coefficient (Wildman–Crippen LogP) is 9.61. The Kier molecular flexibility index (Phi) is 10.9. The van der Waals surface area contributed by atoms with Crippen LogP contribution in [0.5, 0.6) is 0 Å². The minimum atomic E-state index is 0.400. The second kappa shape index (κ2) is 15.3. The summed E-state index contributed by atoms with van der Waals surface area (Å²) in [5, 5.41) is 11.4. The second-order valence-corrected chi connectivity index (χ2v) is 18.0. The van der Waals surface area contributed by atoms with E-state index in [9.17, 15) is 4.79 Å². The molecule has 4 aliphatic rings.